The molecular formula is C26H35ClN2O2S. The molecular weight excluding hydrogens is 440 g/mol. The molecule has 0 saturated carbocycles. The lowest BCUT2D eigenvalue weighted by Crippen LogP contribution is -2.49. The van der Waals surface area contributed by atoms with Crippen LogP contribution in [-0.4, -0.2) is 35.1 Å². The lowest BCUT2D eigenvalue weighted by molar-refractivity contribution is -0.141. The zero-order chi connectivity index (χ0) is 23.5. The number of aryl methyl sites for hydroxylation is 1. The van der Waals surface area contributed by atoms with E-state index in [0.29, 0.717) is 31.8 Å². The zero-order valence-corrected chi connectivity index (χ0v) is 21.1. The second-order valence-corrected chi connectivity index (χ2v) is 10.0. The van der Waals surface area contributed by atoms with E-state index in [1.165, 1.54) is 0 Å². The van der Waals surface area contributed by atoms with Crippen LogP contribution >= 0.6 is 23.4 Å². The normalized spacial score (nSPS) is 11.9. The number of hydrogen-bond acceptors (Lipinski definition) is 3. The lowest BCUT2D eigenvalue weighted by atomic mass is 10.0. The second-order valence-electron chi connectivity index (χ2n) is 8.42. The smallest absolute Gasteiger partial charge is 0.242 e. The summed E-state index contributed by atoms with van der Waals surface area (Å²) in [5, 5.41) is 3.73. The SMILES string of the molecule is CC[C@@H](C(=O)NCC(C)C)N(Cc1ccccc1C)C(=O)CCCSc1ccc(Cl)cc1. The van der Waals surface area contributed by atoms with Gasteiger partial charge in [-0.2, -0.15) is 0 Å². The highest BCUT2D eigenvalue weighted by Crippen LogP contribution is 2.22. The molecule has 0 radical (unpaired) electrons. The number of rotatable bonds is 12. The number of nitrogens with zero attached hydrogens (tertiary/aromatic N) is 1. The van der Waals surface area contributed by atoms with Gasteiger partial charge < -0.3 is 10.2 Å². The monoisotopic (exact) mass is 474 g/mol. The van der Waals surface area contributed by atoms with Crippen LogP contribution in [0.4, 0.5) is 0 Å². The minimum absolute atomic E-state index is 0.0245. The van der Waals surface area contributed by atoms with E-state index in [9.17, 15) is 9.59 Å². The van der Waals surface area contributed by atoms with E-state index in [2.05, 4.69) is 19.2 Å². The van der Waals surface area contributed by atoms with Crippen LogP contribution in [0.25, 0.3) is 0 Å². The predicted molar refractivity (Wildman–Crippen MR) is 135 cm³/mol. The fraction of sp³-hybridized carbons (Fsp3) is 0.462. The van der Waals surface area contributed by atoms with Crippen molar-refractivity contribution in [3.8, 4) is 0 Å². The third-order valence-electron chi connectivity index (χ3n) is 5.29. The maximum absolute atomic E-state index is 13.3. The fourth-order valence-corrected chi connectivity index (χ4v) is 4.38. The van der Waals surface area contributed by atoms with Crippen molar-refractivity contribution in [2.45, 2.75) is 64.4 Å². The summed E-state index contributed by atoms with van der Waals surface area (Å²) in [4.78, 5) is 29.1. The van der Waals surface area contributed by atoms with Crippen molar-refractivity contribution < 1.29 is 9.59 Å². The number of carbonyl (C=O) groups excluding carboxylic acids is 2. The van der Waals surface area contributed by atoms with Gasteiger partial charge in [0.2, 0.25) is 11.8 Å². The number of thioether (sulfide) groups is 1. The average Bonchev–Trinajstić information content (AvgIpc) is 2.77. The largest absolute Gasteiger partial charge is 0.354 e. The van der Waals surface area contributed by atoms with Gasteiger partial charge in [-0.15, -0.1) is 11.8 Å². The molecule has 0 spiro atoms. The van der Waals surface area contributed by atoms with E-state index < -0.39 is 6.04 Å². The quantitative estimate of drug-likeness (QED) is 0.298. The van der Waals surface area contributed by atoms with Gasteiger partial charge >= 0.3 is 0 Å². The fourth-order valence-electron chi connectivity index (χ4n) is 3.40. The van der Waals surface area contributed by atoms with E-state index >= 15 is 0 Å². The van der Waals surface area contributed by atoms with Gasteiger partial charge in [-0.3, -0.25) is 9.59 Å². The molecule has 1 N–H and O–H groups in total. The first-order valence-corrected chi connectivity index (χ1v) is 12.7. The summed E-state index contributed by atoms with van der Waals surface area (Å²) < 4.78 is 0. The van der Waals surface area contributed by atoms with Crippen LogP contribution in [0, 0.1) is 12.8 Å². The molecule has 2 aromatic carbocycles. The predicted octanol–water partition coefficient (Wildman–Crippen LogP) is 6.10. The molecule has 0 aliphatic heterocycles. The lowest BCUT2D eigenvalue weighted by Gasteiger charge is -2.31. The minimum atomic E-state index is -0.468. The van der Waals surface area contributed by atoms with Gasteiger partial charge in [0.05, 0.1) is 0 Å². The molecule has 0 aliphatic carbocycles. The Labute approximate surface area is 202 Å². The topological polar surface area (TPSA) is 49.4 Å². The third kappa shape index (κ3) is 8.51. The van der Waals surface area contributed by atoms with Gasteiger partial charge in [0.25, 0.3) is 0 Å². The molecule has 0 aliphatic rings. The maximum Gasteiger partial charge on any atom is 0.242 e. The number of halogens is 1. The molecule has 2 rings (SSSR count). The molecule has 0 fully saturated rings. The summed E-state index contributed by atoms with van der Waals surface area (Å²) in [6, 6.07) is 15.3. The molecule has 6 heteroatoms. The van der Waals surface area contributed by atoms with Gasteiger partial charge in [-0.05, 0) is 66.8 Å². The van der Waals surface area contributed by atoms with Gasteiger partial charge in [-0.25, -0.2) is 0 Å². The third-order valence-corrected chi connectivity index (χ3v) is 6.64. The maximum atomic E-state index is 13.3. The Morgan fingerprint density at radius 1 is 1.09 bits per heavy atom. The highest BCUT2D eigenvalue weighted by molar-refractivity contribution is 7.99. The van der Waals surface area contributed by atoms with Crippen LogP contribution in [-0.2, 0) is 16.1 Å². The molecule has 0 unspecified atom stereocenters. The second kappa shape index (κ2) is 13.5. The Bertz CT molecular complexity index is 870. The van der Waals surface area contributed by atoms with E-state index in [4.69, 9.17) is 11.6 Å². The Morgan fingerprint density at radius 3 is 2.41 bits per heavy atom. The molecule has 32 heavy (non-hydrogen) atoms. The molecule has 0 saturated heterocycles. The van der Waals surface area contributed by atoms with Gasteiger partial charge in [0.1, 0.15) is 6.04 Å². The Kier molecular flexibility index (Phi) is 11.1. The van der Waals surface area contributed by atoms with E-state index in [1.807, 2.05) is 62.4 Å². The van der Waals surface area contributed by atoms with Crippen LogP contribution in [0.1, 0.15) is 51.2 Å². The van der Waals surface area contributed by atoms with Crippen molar-refractivity contribution >= 4 is 35.2 Å². The first-order valence-electron chi connectivity index (χ1n) is 11.3. The Morgan fingerprint density at radius 2 is 1.78 bits per heavy atom. The van der Waals surface area contributed by atoms with Crippen molar-refractivity contribution in [2.75, 3.05) is 12.3 Å². The zero-order valence-electron chi connectivity index (χ0n) is 19.6. The van der Waals surface area contributed by atoms with Gasteiger partial charge in [0, 0.05) is 29.4 Å². The Hall–Kier alpha value is -1.98. The molecule has 0 aromatic heterocycles. The minimum Gasteiger partial charge on any atom is -0.354 e. The number of hydrogen-bond donors (Lipinski definition) is 1. The summed E-state index contributed by atoms with van der Waals surface area (Å²) in [6.45, 7) is 9.20. The van der Waals surface area contributed by atoms with Crippen LogP contribution < -0.4 is 5.32 Å². The summed E-state index contributed by atoms with van der Waals surface area (Å²) in [5.41, 5.74) is 2.20. The van der Waals surface area contributed by atoms with Crippen molar-refractivity contribution in [1.82, 2.24) is 10.2 Å². The van der Waals surface area contributed by atoms with Crippen molar-refractivity contribution in [3.63, 3.8) is 0 Å². The molecule has 2 amide bonds. The van der Waals surface area contributed by atoms with E-state index in [-0.39, 0.29) is 11.8 Å². The number of carbonyl (C=O) groups is 2. The van der Waals surface area contributed by atoms with Crippen molar-refractivity contribution in [2.24, 2.45) is 5.92 Å². The van der Waals surface area contributed by atoms with Crippen LogP contribution in [0.5, 0.6) is 0 Å². The summed E-state index contributed by atoms with van der Waals surface area (Å²) in [7, 11) is 0. The summed E-state index contributed by atoms with van der Waals surface area (Å²) >= 11 is 7.66. The van der Waals surface area contributed by atoms with Gasteiger partial charge in [-0.1, -0.05) is 56.6 Å². The average molecular weight is 475 g/mol. The first kappa shape index (κ1) is 26.3. The van der Waals surface area contributed by atoms with Crippen molar-refractivity contribution in [3.05, 3.63) is 64.7 Å². The summed E-state index contributed by atoms with van der Waals surface area (Å²) in [5.74, 6) is 1.15. The Balaban J connectivity index is 2.05. The molecule has 174 valence electrons. The van der Waals surface area contributed by atoms with Crippen molar-refractivity contribution in [1.29, 1.82) is 0 Å². The summed E-state index contributed by atoms with van der Waals surface area (Å²) in [6.07, 6.45) is 1.75. The van der Waals surface area contributed by atoms with Crippen LogP contribution in [0.3, 0.4) is 0 Å². The molecule has 4 nitrogen and oxygen atoms in total. The van der Waals surface area contributed by atoms with E-state index in [0.717, 1.165) is 33.2 Å². The first-order chi connectivity index (χ1) is 15.3. The standard InChI is InChI=1S/C26H35ClN2O2S/c1-5-24(26(31)28-17-19(2)3)29(18-21-10-7-6-9-20(21)4)25(30)11-8-16-32-23-14-12-22(27)13-15-23/h6-7,9-10,12-15,19,24H,5,8,11,16-18H2,1-4H3,(H,28,31)/t24-/m0/s1. The number of benzene rings is 2. The van der Waals surface area contributed by atoms with Gasteiger partial charge in [0.15, 0.2) is 0 Å². The number of nitrogens with one attached hydrogen (secondary N) is 1. The molecule has 1 atom stereocenters. The molecule has 2 aromatic rings. The molecule has 0 bridgehead atoms. The highest BCUT2D eigenvalue weighted by atomic mass is 35.5. The van der Waals surface area contributed by atoms with Crippen LogP contribution in [0.2, 0.25) is 5.02 Å². The highest BCUT2D eigenvalue weighted by Gasteiger charge is 2.28. The number of amides is 2. The van der Waals surface area contributed by atoms with E-state index in [1.54, 1.807) is 16.7 Å². The van der Waals surface area contributed by atoms with Crippen LogP contribution in [0.15, 0.2) is 53.4 Å². The molecule has 0 heterocycles.